The van der Waals surface area contributed by atoms with Crippen LogP contribution in [0.25, 0.3) is 0 Å². The molecule has 142 valence electrons. The van der Waals surface area contributed by atoms with Crippen LogP contribution in [0.3, 0.4) is 0 Å². The maximum Gasteiger partial charge on any atom is 0.232 e. The second-order valence-electron chi connectivity index (χ2n) is 6.09. The zero-order valence-electron chi connectivity index (χ0n) is 15.2. The second-order valence-corrected chi connectivity index (χ2v) is 8.00. The summed E-state index contributed by atoms with van der Waals surface area (Å²) in [7, 11) is -3.60. The highest BCUT2D eigenvalue weighted by molar-refractivity contribution is 7.92. The van der Waals surface area contributed by atoms with Crippen LogP contribution in [0.4, 0.5) is 11.5 Å². The summed E-state index contributed by atoms with van der Waals surface area (Å²) < 4.78 is 36.3. The van der Waals surface area contributed by atoms with Crippen LogP contribution in [-0.2, 0) is 14.8 Å². The maximum absolute atomic E-state index is 12.3. The number of benzene rings is 1. The van der Waals surface area contributed by atoms with Crippen molar-refractivity contribution in [2.24, 2.45) is 0 Å². The number of sulfonamides is 1. The number of amides is 1. The van der Waals surface area contributed by atoms with Gasteiger partial charge in [-0.1, -0.05) is 17.3 Å². The lowest BCUT2D eigenvalue weighted by molar-refractivity contribution is -0.116. The fourth-order valence-corrected chi connectivity index (χ4v) is 3.25. The highest BCUT2D eigenvalue weighted by atomic mass is 32.2. The normalized spacial score (nSPS) is 11.4. The van der Waals surface area contributed by atoms with E-state index in [4.69, 9.17) is 9.26 Å². The third-order valence-electron chi connectivity index (χ3n) is 3.33. The van der Waals surface area contributed by atoms with Gasteiger partial charge in [-0.25, -0.2) is 8.42 Å². The first-order chi connectivity index (χ1) is 12.2. The summed E-state index contributed by atoms with van der Waals surface area (Å²) in [6, 6.07) is 8.42. The van der Waals surface area contributed by atoms with Crippen LogP contribution in [0.15, 0.2) is 34.9 Å². The van der Waals surface area contributed by atoms with Gasteiger partial charge in [-0.15, -0.1) is 0 Å². The fraction of sp³-hybridized carbons (Fsp3) is 0.412. The van der Waals surface area contributed by atoms with Gasteiger partial charge in [-0.05, 0) is 32.9 Å². The lowest BCUT2D eigenvalue weighted by atomic mass is 10.2. The van der Waals surface area contributed by atoms with Gasteiger partial charge >= 0.3 is 0 Å². The standard InChI is InChI=1S/C17H23N3O5S/c1-12(2)24-15-8-6-5-7-14(15)20(26(4,22)23)10-9-17(21)18-16-11-13(3)25-19-16/h5-8,11-12H,9-10H2,1-4H3,(H,18,19,21). The van der Waals surface area contributed by atoms with Crippen LogP contribution in [-0.4, -0.2) is 38.4 Å². The van der Waals surface area contributed by atoms with Crippen molar-refractivity contribution in [3.63, 3.8) is 0 Å². The van der Waals surface area contributed by atoms with Crippen LogP contribution in [0.1, 0.15) is 26.0 Å². The predicted octanol–water partition coefficient (Wildman–Crippen LogP) is 2.57. The van der Waals surface area contributed by atoms with Crippen molar-refractivity contribution in [1.29, 1.82) is 0 Å². The number of para-hydroxylation sites is 2. The Morgan fingerprint density at radius 1 is 1.35 bits per heavy atom. The average molecular weight is 381 g/mol. The first kappa shape index (κ1) is 19.8. The number of aromatic nitrogens is 1. The van der Waals surface area contributed by atoms with E-state index < -0.39 is 10.0 Å². The molecule has 1 heterocycles. The van der Waals surface area contributed by atoms with Crippen molar-refractivity contribution in [2.75, 3.05) is 22.4 Å². The molecule has 0 atom stereocenters. The summed E-state index contributed by atoms with van der Waals surface area (Å²) in [4.78, 5) is 12.1. The number of anilines is 2. The molecule has 0 saturated carbocycles. The van der Waals surface area contributed by atoms with Gasteiger partial charge in [0.2, 0.25) is 15.9 Å². The lowest BCUT2D eigenvalue weighted by Gasteiger charge is -2.25. The van der Waals surface area contributed by atoms with Crippen LogP contribution in [0, 0.1) is 6.92 Å². The maximum atomic E-state index is 12.3. The van der Waals surface area contributed by atoms with Crippen molar-refractivity contribution in [3.8, 4) is 5.75 Å². The highest BCUT2D eigenvalue weighted by Crippen LogP contribution is 2.30. The van der Waals surface area contributed by atoms with Gasteiger partial charge in [0.25, 0.3) is 0 Å². The molecule has 2 rings (SSSR count). The van der Waals surface area contributed by atoms with E-state index in [2.05, 4.69) is 10.5 Å². The molecule has 0 radical (unpaired) electrons. The second kappa shape index (κ2) is 8.22. The number of aryl methyl sites for hydroxylation is 1. The Kier molecular flexibility index (Phi) is 6.25. The van der Waals surface area contributed by atoms with Crippen molar-refractivity contribution in [3.05, 3.63) is 36.1 Å². The van der Waals surface area contributed by atoms with Gasteiger partial charge in [0.1, 0.15) is 11.5 Å². The van der Waals surface area contributed by atoms with Gasteiger partial charge in [-0.3, -0.25) is 9.10 Å². The zero-order chi connectivity index (χ0) is 19.3. The molecule has 0 unspecified atom stereocenters. The largest absolute Gasteiger partial charge is 0.489 e. The molecule has 0 bridgehead atoms. The molecule has 0 saturated heterocycles. The molecule has 1 N–H and O–H groups in total. The number of nitrogens with one attached hydrogen (secondary N) is 1. The third kappa shape index (κ3) is 5.48. The Morgan fingerprint density at radius 2 is 2.04 bits per heavy atom. The highest BCUT2D eigenvalue weighted by Gasteiger charge is 2.22. The summed E-state index contributed by atoms with van der Waals surface area (Å²) in [5, 5.41) is 6.25. The number of carbonyl (C=O) groups is 1. The zero-order valence-corrected chi connectivity index (χ0v) is 16.0. The van der Waals surface area contributed by atoms with Crippen molar-refractivity contribution in [2.45, 2.75) is 33.3 Å². The topological polar surface area (TPSA) is 102 Å². The molecule has 9 heteroatoms. The first-order valence-corrected chi connectivity index (χ1v) is 9.98. The Bertz CT molecular complexity index is 861. The Hall–Kier alpha value is -2.55. The third-order valence-corrected chi connectivity index (χ3v) is 4.51. The van der Waals surface area contributed by atoms with Gasteiger partial charge in [0, 0.05) is 19.0 Å². The molecular weight excluding hydrogens is 358 g/mol. The minimum absolute atomic E-state index is 0.0278. The summed E-state index contributed by atoms with van der Waals surface area (Å²) >= 11 is 0. The Balaban J connectivity index is 2.15. The first-order valence-electron chi connectivity index (χ1n) is 8.13. The quantitative estimate of drug-likeness (QED) is 0.754. The van der Waals surface area contributed by atoms with Crippen LogP contribution >= 0.6 is 0 Å². The summed E-state index contributed by atoms with van der Waals surface area (Å²) in [6.45, 7) is 5.39. The molecule has 0 aliphatic rings. The van der Waals surface area contributed by atoms with E-state index in [1.165, 1.54) is 4.31 Å². The van der Waals surface area contributed by atoms with Crippen molar-refractivity contribution < 1.29 is 22.5 Å². The molecule has 8 nitrogen and oxygen atoms in total. The smallest absolute Gasteiger partial charge is 0.232 e. The Morgan fingerprint density at radius 3 is 2.62 bits per heavy atom. The SMILES string of the molecule is Cc1cc(NC(=O)CCN(c2ccccc2OC(C)C)S(C)(=O)=O)no1. The number of carbonyl (C=O) groups excluding carboxylic acids is 1. The molecular formula is C17H23N3O5S. The number of ether oxygens (including phenoxy) is 1. The molecule has 0 spiro atoms. The number of rotatable bonds is 8. The minimum Gasteiger partial charge on any atom is -0.489 e. The molecule has 1 aromatic heterocycles. The van der Waals surface area contributed by atoms with E-state index in [0.717, 1.165) is 6.26 Å². The monoisotopic (exact) mass is 381 g/mol. The Labute approximate surface area is 153 Å². The van der Waals surface area contributed by atoms with Crippen molar-refractivity contribution in [1.82, 2.24) is 5.16 Å². The summed E-state index contributed by atoms with van der Waals surface area (Å²) in [5.74, 6) is 0.939. The van der Waals surface area contributed by atoms with Gasteiger partial charge < -0.3 is 14.6 Å². The van der Waals surface area contributed by atoms with E-state index in [1.807, 2.05) is 13.8 Å². The summed E-state index contributed by atoms with van der Waals surface area (Å²) in [6.07, 6.45) is 0.934. The van der Waals surface area contributed by atoms with Gasteiger partial charge in [0.05, 0.1) is 18.0 Å². The molecule has 1 aromatic carbocycles. The average Bonchev–Trinajstić information content (AvgIpc) is 2.92. The van der Waals surface area contributed by atoms with Gasteiger partial charge in [0.15, 0.2) is 5.82 Å². The summed E-state index contributed by atoms with van der Waals surface area (Å²) in [5.41, 5.74) is 0.397. The molecule has 26 heavy (non-hydrogen) atoms. The van der Waals surface area contributed by atoms with Gasteiger partial charge in [-0.2, -0.15) is 0 Å². The van der Waals surface area contributed by atoms with E-state index in [9.17, 15) is 13.2 Å². The van der Waals surface area contributed by atoms with Crippen LogP contribution in [0.2, 0.25) is 0 Å². The molecule has 2 aromatic rings. The molecule has 0 aliphatic carbocycles. The van der Waals surface area contributed by atoms with Crippen LogP contribution in [0.5, 0.6) is 5.75 Å². The van der Waals surface area contributed by atoms with Crippen molar-refractivity contribution >= 4 is 27.4 Å². The predicted molar refractivity (Wildman–Crippen MR) is 98.9 cm³/mol. The van der Waals surface area contributed by atoms with E-state index in [1.54, 1.807) is 37.3 Å². The molecule has 1 amide bonds. The van der Waals surface area contributed by atoms with E-state index in [0.29, 0.717) is 23.0 Å². The number of nitrogens with zero attached hydrogens (tertiary/aromatic N) is 2. The lowest BCUT2D eigenvalue weighted by Crippen LogP contribution is -2.33. The molecule has 0 aliphatic heterocycles. The number of hydrogen-bond acceptors (Lipinski definition) is 6. The van der Waals surface area contributed by atoms with E-state index in [-0.39, 0.29) is 25.0 Å². The van der Waals surface area contributed by atoms with Crippen LogP contribution < -0.4 is 14.4 Å². The minimum atomic E-state index is -3.60. The fourth-order valence-electron chi connectivity index (χ4n) is 2.32. The molecule has 0 fully saturated rings. The number of hydrogen-bond donors (Lipinski definition) is 1. The van der Waals surface area contributed by atoms with E-state index >= 15 is 0 Å².